The molecule has 14 heteroatoms. The molecule has 48 heavy (non-hydrogen) atoms. The van der Waals surface area contributed by atoms with Crippen molar-refractivity contribution in [1.82, 2.24) is 4.31 Å². The first-order valence-electron chi connectivity index (χ1n) is 16.3. The molecule has 0 heterocycles. The molecule has 0 amide bonds. The SMILES string of the molecule is CN(CC(F)(F)C(F)(F)C(F)(F)F)S(=O)(=O)CCCCCOc1ccc([C@H]2C[C@@]3(C)C(CC[C@@H]3O)C3CCc4cc(O)ccc4C32)cc1. The number of hydrogen-bond acceptors (Lipinski definition) is 5. The molecule has 268 valence electrons. The number of ether oxygens (including phenoxy) is 1. The Morgan fingerprint density at radius 2 is 1.65 bits per heavy atom. The zero-order valence-electron chi connectivity index (χ0n) is 26.8. The number of benzene rings is 2. The molecule has 0 aromatic heterocycles. The van der Waals surface area contributed by atoms with E-state index < -0.39 is 40.3 Å². The highest BCUT2D eigenvalue weighted by Crippen LogP contribution is 2.65. The lowest BCUT2D eigenvalue weighted by Gasteiger charge is -2.54. The second-order valence-corrected chi connectivity index (χ2v) is 16.1. The summed E-state index contributed by atoms with van der Waals surface area (Å²) in [4.78, 5) is 0. The molecule has 0 aliphatic heterocycles. The Labute approximate surface area is 276 Å². The first kappa shape index (κ1) is 36.7. The molecule has 0 saturated heterocycles. The van der Waals surface area contributed by atoms with Gasteiger partial charge < -0.3 is 14.9 Å². The predicted molar refractivity (Wildman–Crippen MR) is 165 cm³/mol. The van der Waals surface area contributed by atoms with Gasteiger partial charge in [-0.2, -0.15) is 35.0 Å². The Morgan fingerprint density at radius 1 is 0.958 bits per heavy atom. The fourth-order valence-electron chi connectivity index (χ4n) is 8.40. The summed E-state index contributed by atoms with van der Waals surface area (Å²) < 4.78 is 121. The maximum Gasteiger partial charge on any atom is 0.459 e. The molecular formula is C34H42F7NO5S. The summed E-state index contributed by atoms with van der Waals surface area (Å²) in [5.41, 5.74) is 3.37. The normalized spacial score (nSPS) is 27.8. The van der Waals surface area contributed by atoms with Crippen LogP contribution in [0.2, 0.25) is 0 Å². The number of hydrogen-bond donors (Lipinski definition) is 2. The Hall–Kier alpha value is -2.58. The molecule has 0 bridgehead atoms. The topological polar surface area (TPSA) is 87.1 Å². The second kappa shape index (κ2) is 13.3. The Kier molecular flexibility index (Phi) is 10.1. The van der Waals surface area contributed by atoms with Crippen LogP contribution in [0.5, 0.6) is 11.5 Å². The van der Waals surface area contributed by atoms with Crippen LogP contribution in [0.25, 0.3) is 0 Å². The molecule has 3 aliphatic rings. The Bertz CT molecular complexity index is 1550. The van der Waals surface area contributed by atoms with Gasteiger partial charge in [0.25, 0.3) is 0 Å². The van der Waals surface area contributed by atoms with Crippen molar-refractivity contribution in [3.05, 3.63) is 59.2 Å². The third-order valence-corrected chi connectivity index (χ3v) is 12.9. The first-order chi connectivity index (χ1) is 22.3. The van der Waals surface area contributed by atoms with E-state index in [0.717, 1.165) is 37.7 Å². The largest absolute Gasteiger partial charge is 0.508 e. The molecule has 2 saturated carbocycles. The minimum Gasteiger partial charge on any atom is -0.508 e. The molecular weight excluding hydrogens is 667 g/mol. The number of rotatable bonds is 12. The second-order valence-electron chi connectivity index (χ2n) is 14.0. The summed E-state index contributed by atoms with van der Waals surface area (Å²) in [6.07, 6.45) is -1.72. The lowest BCUT2D eigenvalue weighted by atomic mass is 9.51. The fraction of sp³-hybridized carbons (Fsp3) is 0.647. The number of phenolic OH excluding ortho intramolecular Hbond substituents is 1. The average Bonchev–Trinajstić information content (AvgIpc) is 3.31. The van der Waals surface area contributed by atoms with Crippen molar-refractivity contribution in [2.45, 2.75) is 94.3 Å². The zero-order valence-corrected chi connectivity index (χ0v) is 27.6. The standard InChI is InChI=1S/C34H42F7NO5S/c1-31-19-27(30-25-13-9-23(43)18-22(25)8-12-26(30)28(31)14-15-29(31)44)21-6-10-24(11-7-21)47-16-4-3-5-17-48(45,46)42(2)20-32(35,36)33(37,38)34(39,40)41/h6-7,9-11,13,18,26-30,43-44H,3-5,8,12,14-17,19-20H2,1-2H3/t26?,27-,28?,29+,30?,31+/m1/s1. The maximum absolute atomic E-state index is 13.7. The minimum absolute atomic E-state index is 0.0364. The smallest absolute Gasteiger partial charge is 0.459 e. The van der Waals surface area contributed by atoms with E-state index in [-0.39, 0.29) is 52.9 Å². The monoisotopic (exact) mass is 709 g/mol. The van der Waals surface area contributed by atoms with E-state index in [1.165, 1.54) is 11.1 Å². The lowest BCUT2D eigenvalue weighted by molar-refractivity contribution is -0.354. The number of phenols is 1. The lowest BCUT2D eigenvalue weighted by Crippen LogP contribution is -2.57. The third-order valence-electron chi connectivity index (χ3n) is 11.0. The molecule has 5 rings (SSSR count). The maximum atomic E-state index is 13.7. The number of aliphatic hydroxyl groups is 1. The molecule has 2 aromatic carbocycles. The van der Waals surface area contributed by atoms with Crippen molar-refractivity contribution >= 4 is 10.0 Å². The number of unbranched alkanes of at least 4 members (excludes halogenated alkanes) is 2. The van der Waals surface area contributed by atoms with Crippen LogP contribution in [0, 0.1) is 17.3 Å². The van der Waals surface area contributed by atoms with Crippen LogP contribution in [0.1, 0.15) is 80.4 Å². The number of aliphatic hydroxyl groups excluding tert-OH is 1. The number of nitrogens with zero attached hydrogens (tertiary/aromatic N) is 1. The quantitative estimate of drug-likeness (QED) is 0.175. The van der Waals surface area contributed by atoms with Gasteiger partial charge in [0.05, 0.1) is 25.0 Å². The van der Waals surface area contributed by atoms with Crippen molar-refractivity contribution < 1.29 is 54.1 Å². The number of alkyl halides is 7. The van der Waals surface area contributed by atoms with E-state index in [1.54, 1.807) is 6.07 Å². The summed E-state index contributed by atoms with van der Waals surface area (Å²) in [7, 11) is -3.97. The van der Waals surface area contributed by atoms with Gasteiger partial charge >= 0.3 is 18.0 Å². The fourth-order valence-corrected chi connectivity index (χ4v) is 9.64. The van der Waals surface area contributed by atoms with Crippen LogP contribution in [-0.4, -0.2) is 73.0 Å². The molecule has 3 aliphatic carbocycles. The van der Waals surface area contributed by atoms with Crippen LogP contribution in [-0.2, 0) is 16.4 Å². The molecule has 6 atom stereocenters. The van der Waals surface area contributed by atoms with Gasteiger partial charge in [-0.15, -0.1) is 0 Å². The summed E-state index contributed by atoms with van der Waals surface area (Å²) in [6, 6.07) is 13.4. The van der Waals surface area contributed by atoms with Crippen LogP contribution < -0.4 is 4.74 Å². The van der Waals surface area contributed by atoms with Gasteiger partial charge in [0, 0.05) is 7.05 Å². The Morgan fingerprint density at radius 3 is 2.31 bits per heavy atom. The first-order valence-corrected chi connectivity index (χ1v) is 17.9. The third kappa shape index (κ3) is 6.90. The molecule has 3 unspecified atom stereocenters. The molecule has 6 nitrogen and oxygen atoms in total. The molecule has 0 radical (unpaired) electrons. The number of halogens is 7. The van der Waals surface area contributed by atoms with Crippen molar-refractivity contribution in [3.8, 4) is 11.5 Å². The summed E-state index contributed by atoms with van der Waals surface area (Å²) >= 11 is 0. The van der Waals surface area contributed by atoms with Gasteiger partial charge in [-0.3, -0.25) is 0 Å². The van der Waals surface area contributed by atoms with Gasteiger partial charge in [-0.05, 0) is 121 Å². The highest BCUT2D eigenvalue weighted by atomic mass is 32.2. The molecule has 0 spiro atoms. The van der Waals surface area contributed by atoms with Crippen molar-refractivity contribution in [1.29, 1.82) is 0 Å². The molecule has 2 fully saturated rings. The highest BCUT2D eigenvalue weighted by Gasteiger charge is 2.73. The van der Waals surface area contributed by atoms with E-state index >= 15 is 0 Å². The molecule has 2 N–H and O–H groups in total. The van der Waals surface area contributed by atoms with Crippen LogP contribution in [0.15, 0.2) is 42.5 Å². The number of sulfonamides is 1. The van der Waals surface area contributed by atoms with Crippen LogP contribution in [0.3, 0.4) is 0 Å². The van der Waals surface area contributed by atoms with Crippen LogP contribution >= 0.6 is 0 Å². The van der Waals surface area contributed by atoms with Crippen LogP contribution in [0.4, 0.5) is 30.7 Å². The molecule has 2 aromatic rings. The summed E-state index contributed by atoms with van der Waals surface area (Å²) in [5, 5.41) is 21.2. The Balaban J connectivity index is 1.15. The van der Waals surface area contributed by atoms with Gasteiger partial charge in [0.2, 0.25) is 10.0 Å². The number of fused-ring (bicyclic) bond motifs is 5. The van der Waals surface area contributed by atoms with Crippen molar-refractivity contribution in [3.63, 3.8) is 0 Å². The van der Waals surface area contributed by atoms with Gasteiger partial charge in [0.15, 0.2) is 0 Å². The van der Waals surface area contributed by atoms with Gasteiger partial charge in [-0.1, -0.05) is 25.1 Å². The summed E-state index contributed by atoms with van der Waals surface area (Å²) in [5.74, 6) is -10.6. The van der Waals surface area contributed by atoms with Gasteiger partial charge in [0.1, 0.15) is 11.5 Å². The van der Waals surface area contributed by atoms with Crippen molar-refractivity contribution in [2.75, 3.05) is 26.0 Å². The van der Waals surface area contributed by atoms with E-state index in [4.69, 9.17) is 4.74 Å². The minimum atomic E-state index is -6.53. The van der Waals surface area contributed by atoms with E-state index in [0.29, 0.717) is 31.1 Å². The van der Waals surface area contributed by atoms with E-state index in [1.807, 2.05) is 36.4 Å². The van der Waals surface area contributed by atoms with Crippen molar-refractivity contribution in [2.24, 2.45) is 17.3 Å². The van der Waals surface area contributed by atoms with E-state index in [2.05, 4.69) is 6.92 Å². The van der Waals surface area contributed by atoms with Gasteiger partial charge in [-0.25, -0.2) is 8.42 Å². The van der Waals surface area contributed by atoms with E-state index in [9.17, 15) is 49.4 Å². The average molecular weight is 710 g/mol. The zero-order chi connectivity index (χ0) is 35.3. The summed E-state index contributed by atoms with van der Waals surface area (Å²) in [6.45, 7) is 0.120. The number of aromatic hydroxyl groups is 1. The highest BCUT2D eigenvalue weighted by molar-refractivity contribution is 7.89. The number of aryl methyl sites for hydroxylation is 1. The predicted octanol–water partition coefficient (Wildman–Crippen LogP) is 7.65.